The number of rotatable bonds is 11. The highest BCUT2D eigenvalue weighted by molar-refractivity contribution is 5.69. The van der Waals surface area contributed by atoms with E-state index in [0.717, 1.165) is 64.5 Å². The van der Waals surface area contributed by atoms with E-state index >= 15 is 0 Å². The Bertz CT molecular complexity index is 681. The van der Waals surface area contributed by atoms with E-state index in [9.17, 15) is 9.59 Å². The van der Waals surface area contributed by atoms with E-state index < -0.39 is 0 Å². The first-order chi connectivity index (χ1) is 16.5. The van der Waals surface area contributed by atoms with Crippen molar-refractivity contribution >= 4 is 11.9 Å². The normalized spacial score (nSPS) is 27.4. The average Bonchev–Trinajstić information content (AvgIpc) is 2.78. The lowest BCUT2D eigenvalue weighted by molar-refractivity contribution is -0.256. The Labute approximate surface area is 221 Å². The van der Waals surface area contributed by atoms with Crippen molar-refractivity contribution in [3.05, 3.63) is 0 Å². The van der Waals surface area contributed by atoms with Crippen LogP contribution in [-0.4, -0.2) is 46.2 Å². The van der Waals surface area contributed by atoms with Crippen molar-refractivity contribution in [3.8, 4) is 0 Å². The summed E-state index contributed by atoms with van der Waals surface area (Å²) in [5, 5.41) is 3.84. The summed E-state index contributed by atoms with van der Waals surface area (Å²) >= 11 is 0. The largest absolute Gasteiger partial charge is 0.367 e. The molecule has 0 aromatic carbocycles. The van der Waals surface area contributed by atoms with Crippen molar-refractivity contribution in [3.63, 3.8) is 0 Å². The van der Waals surface area contributed by atoms with Gasteiger partial charge in [-0.25, -0.2) is 0 Å². The van der Waals surface area contributed by atoms with Gasteiger partial charge in [-0.05, 0) is 76.0 Å². The lowest BCUT2D eigenvalue weighted by Gasteiger charge is -2.54. The van der Waals surface area contributed by atoms with Crippen molar-refractivity contribution in [1.29, 1.82) is 0 Å². The fourth-order valence-corrected chi connectivity index (χ4v) is 5.65. The van der Waals surface area contributed by atoms with E-state index in [4.69, 9.17) is 9.68 Å². The van der Waals surface area contributed by atoms with Crippen molar-refractivity contribution in [2.45, 2.75) is 145 Å². The minimum absolute atomic E-state index is 0.0805. The van der Waals surface area contributed by atoms with Crippen LogP contribution in [0.3, 0.4) is 0 Å². The number of hydrogen-bond donors (Lipinski definition) is 0. The van der Waals surface area contributed by atoms with Gasteiger partial charge >= 0.3 is 11.9 Å². The van der Waals surface area contributed by atoms with Gasteiger partial charge in [0.1, 0.15) is 0 Å². The number of hydroxylamine groups is 4. The Morgan fingerprint density at radius 1 is 0.611 bits per heavy atom. The smallest absolute Gasteiger partial charge is 0.325 e. The molecule has 0 aliphatic carbocycles. The third kappa shape index (κ3) is 6.83. The van der Waals surface area contributed by atoms with Crippen LogP contribution in [0.25, 0.3) is 0 Å². The highest BCUT2D eigenvalue weighted by atomic mass is 16.7. The summed E-state index contributed by atoms with van der Waals surface area (Å²) in [4.78, 5) is 36.5. The molecule has 2 aliphatic rings. The maximum absolute atomic E-state index is 12.4. The summed E-state index contributed by atoms with van der Waals surface area (Å²) in [5.74, 6) is 0.956. The predicted octanol–water partition coefficient (Wildman–Crippen LogP) is 7.32. The molecule has 2 aliphatic heterocycles. The second-order valence-electron chi connectivity index (χ2n) is 13.7. The van der Waals surface area contributed by atoms with Crippen LogP contribution in [0.2, 0.25) is 0 Å². The van der Waals surface area contributed by atoms with Gasteiger partial charge in [-0.1, -0.05) is 67.2 Å². The SMILES string of the molecule is CC1CCN(OC(=O)CCCCCCCCC(=O)ON2CCC(C)C(C)(C)C2(C)C)C(C)(C)C1(C)C. The van der Waals surface area contributed by atoms with Crippen LogP contribution in [0, 0.1) is 22.7 Å². The molecule has 2 saturated heterocycles. The molecule has 2 unspecified atom stereocenters. The van der Waals surface area contributed by atoms with Gasteiger partial charge in [0, 0.05) is 25.9 Å². The zero-order valence-corrected chi connectivity index (χ0v) is 25.2. The fraction of sp³-hybridized carbons (Fsp3) is 0.933. The molecule has 0 aromatic rings. The molecule has 36 heavy (non-hydrogen) atoms. The van der Waals surface area contributed by atoms with Crippen LogP contribution in [-0.2, 0) is 19.3 Å². The van der Waals surface area contributed by atoms with Crippen molar-refractivity contribution < 1.29 is 19.3 Å². The number of hydrogen-bond acceptors (Lipinski definition) is 6. The molecule has 0 N–H and O–H groups in total. The number of carbonyl (C=O) groups is 2. The molecule has 6 heteroatoms. The molecular formula is C30H56N2O4. The van der Waals surface area contributed by atoms with Crippen LogP contribution in [0.5, 0.6) is 0 Å². The van der Waals surface area contributed by atoms with Gasteiger partial charge in [0.2, 0.25) is 0 Å². The summed E-state index contributed by atoms with van der Waals surface area (Å²) in [6.07, 6.45) is 8.92. The number of piperidine rings is 2. The Morgan fingerprint density at radius 3 is 1.25 bits per heavy atom. The van der Waals surface area contributed by atoms with Crippen LogP contribution < -0.4 is 0 Å². The third-order valence-corrected chi connectivity index (χ3v) is 10.8. The van der Waals surface area contributed by atoms with Crippen LogP contribution in [0.4, 0.5) is 0 Å². The van der Waals surface area contributed by atoms with Gasteiger partial charge in [0.15, 0.2) is 0 Å². The monoisotopic (exact) mass is 508 g/mol. The maximum atomic E-state index is 12.4. The van der Waals surface area contributed by atoms with E-state index in [2.05, 4.69) is 69.2 Å². The summed E-state index contributed by atoms with van der Waals surface area (Å²) in [5.41, 5.74) is -0.200. The Hall–Kier alpha value is -1.14. The minimum Gasteiger partial charge on any atom is -0.367 e. The molecule has 0 saturated carbocycles. The van der Waals surface area contributed by atoms with Gasteiger partial charge in [-0.3, -0.25) is 9.59 Å². The quantitative estimate of drug-likeness (QED) is 0.273. The standard InChI is InChI=1S/C30H56N2O4/c1-23-19-21-31(29(7,8)27(23,3)4)35-25(33)17-15-13-11-12-14-16-18-26(34)36-32-22-20-24(2)28(5,6)30(32,9)10/h23-24H,11-22H2,1-10H3. The third-order valence-electron chi connectivity index (χ3n) is 10.8. The van der Waals surface area contributed by atoms with Gasteiger partial charge in [0.25, 0.3) is 0 Å². The summed E-state index contributed by atoms with van der Waals surface area (Å²) in [7, 11) is 0. The first-order valence-electron chi connectivity index (χ1n) is 14.5. The Kier molecular flexibility index (Phi) is 10.5. The Balaban J connectivity index is 1.57. The van der Waals surface area contributed by atoms with Gasteiger partial charge < -0.3 is 9.68 Å². The van der Waals surface area contributed by atoms with Gasteiger partial charge in [0.05, 0.1) is 11.1 Å². The van der Waals surface area contributed by atoms with E-state index in [0.29, 0.717) is 24.7 Å². The van der Waals surface area contributed by atoms with Gasteiger partial charge in [-0.2, -0.15) is 0 Å². The van der Waals surface area contributed by atoms with E-state index in [1.807, 2.05) is 10.1 Å². The molecule has 0 bridgehead atoms. The Morgan fingerprint density at radius 2 is 0.917 bits per heavy atom. The van der Waals surface area contributed by atoms with E-state index in [-0.39, 0.29) is 33.8 Å². The predicted molar refractivity (Wildman–Crippen MR) is 146 cm³/mol. The highest BCUT2D eigenvalue weighted by Gasteiger charge is 2.51. The molecule has 6 nitrogen and oxygen atoms in total. The summed E-state index contributed by atoms with van der Waals surface area (Å²) in [6, 6.07) is 0. The maximum Gasteiger partial charge on any atom is 0.325 e. The minimum atomic E-state index is -0.181. The molecule has 0 aromatic heterocycles. The molecule has 2 fully saturated rings. The summed E-state index contributed by atoms with van der Waals surface area (Å²) in [6.45, 7) is 24.0. The number of carbonyl (C=O) groups excluding carboxylic acids is 2. The van der Waals surface area contributed by atoms with Crippen molar-refractivity contribution in [2.24, 2.45) is 22.7 Å². The van der Waals surface area contributed by atoms with Crippen LogP contribution in [0.1, 0.15) is 133 Å². The zero-order chi connectivity index (χ0) is 27.4. The molecule has 0 radical (unpaired) electrons. The first-order valence-corrected chi connectivity index (χ1v) is 14.5. The van der Waals surface area contributed by atoms with Gasteiger partial charge in [-0.15, -0.1) is 10.1 Å². The topological polar surface area (TPSA) is 59.1 Å². The molecule has 0 amide bonds. The molecule has 210 valence electrons. The molecular weight excluding hydrogens is 452 g/mol. The fourth-order valence-electron chi connectivity index (χ4n) is 5.65. The first kappa shape index (κ1) is 31.1. The van der Waals surface area contributed by atoms with E-state index in [1.165, 1.54) is 0 Å². The second-order valence-corrected chi connectivity index (χ2v) is 13.7. The lowest BCUT2D eigenvalue weighted by Crippen LogP contribution is -2.60. The molecule has 2 heterocycles. The van der Waals surface area contributed by atoms with Crippen molar-refractivity contribution in [2.75, 3.05) is 13.1 Å². The number of nitrogens with zero attached hydrogens (tertiary/aromatic N) is 2. The second kappa shape index (κ2) is 12.1. The summed E-state index contributed by atoms with van der Waals surface area (Å²) < 4.78 is 0. The lowest BCUT2D eigenvalue weighted by atomic mass is 9.63. The number of unbranched alkanes of at least 4 members (excludes halogenated alkanes) is 5. The molecule has 2 rings (SSSR count). The highest BCUT2D eigenvalue weighted by Crippen LogP contribution is 2.48. The average molecular weight is 509 g/mol. The zero-order valence-electron chi connectivity index (χ0n) is 25.2. The van der Waals surface area contributed by atoms with Crippen LogP contribution >= 0.6 is 0 Å². The molecule has 0 spiro atoms. The van der Waals surface area contributed by atoms with Crippen LogP contribution in [0.15, 0.2) is 0 Å². The molecule has 2 atom stereocenters. The van der Waals surface area contributed by atoms with Crippen molar-refractivity contribution in [1.82, 2.24) is 10.1 Å². The van der Waals surface area contributed by atoms with E-state index in [1.54, 1.807) is 0 Å².